The number of carbonyl (C=O) groups is 2. The van der Waals surface area contributed by atoms with E-state index < -0.39 is 5.41 Å². The number of phenolic OH excluding ortho intramolecular Hbond substituents is 2. The van der Waals surface area contributed by atoms with Crippen molar-refractivity contribution in [3.8, 4) is 11.5 Å². The van der Waals surface area contributed by atoms with Gasteiger partial charge in [0.1, 0.15) is 0 Å². The van der Waals surface area contributed by atoms with Crippen LogP contribution < -0.4 is 10.6 Å². The number of carbonyl (C=O) groups excluding carboxylic acids is 2. The van der Waals surface area contributed by atoms with Crippen LogP contribution in [0.4, 0.5) is 0 Å². The van der Waals surface area contributed by atoms with Crippen LogP contribution in [-0.4, -0.2) is 35.6 Å². The number of nitrogens with one attached hydrogen (secondary N) is 2. The van der Waals surface area contributed by atoms with Crippen molar-refractivity contribution in [1.82, 2.24) is 10.6 Å². The third-order valence-corrected chi connectivity index (χ3v) is 4.52. The van der Waals surface area contributed by atoms with Crippen molar-refractivity contribution >= 4 is 11.8 Å². The standard InChI is InChI=1S/C18H28N2O4/c1-5-18(3,11-12(2)16(23)19-4)17(24)20-9-8-13-6-7-14(21)15(22)10-13/h6-7,10,12,21-22H,5,8-9,11H2,1-4H3,(H,19,23)(H,20,24). The summed E-state index contributed by atoms with van der Waals surface area (Å²) in [5, 5.41) is 24.3. The van der Waals surface area contributed by atoms with E-state index in [9.17, 15) is 19.8 Å². The predicted molar refractivity (Wildman–Crippen MR) is 92.7 cm³/mol. The van der Waals surface area contributed by atoms with Crippen LogP contribution in [0.25, 0.3) is 0 Å². The first-order chi connectivity index (χ1) is 11.2. The molecule has 2 amide bonds. The van der Waals surface area contributed by atoms with E-state index in [1.165, 1.54) is 12.1 Å². The molecule has 0 spiro atoms. The molecule has 6 heteroatoms. The summed E-state index contributed by atoms with van der Waals surface area (Å²) in [5.74, 6) is -0.716. The Kier molecular flexibility index (Phi) is 7.07. The molecule has 0 aromatic heterocycles. The maximum atomic E-state index is 12.5. The van der Waals surface area contributed by atoms with Crippen molar-refractivity contribution in [1.29, 1.82) is 0 Å². The molecule has 2 unspecified atom stereocenters. The second-order valence-corrected chi connectivity index (χ2v) is 6.46. The second kappa shape index (κ2) is 8.57. The summed E-state index contributed by atoms with van der Waals surface area (Å²) in [6.45, 7) is 6.05. The van der Waals surface area contributed by atoms with Crippen LogP contribution in [0.15, 0.2) is 18.2 Å². The van der Waals surface area contributed by atoms with Gasteiger partial charge >= 0.3 is 0 Å². The van der Waals surface area contributed by atoms with Gasteiger partial charge in [-0.3, -0.25) is 9.59 Å². The van der Waals surface area contributed by atoms with E-state index in [1.807, 2.05) is 20.8 Å². The van der Waals surface area contributed by atoms with Crippen molar-refractivity contribution in [3.05, 3.63) is 23.8 Å². The molecule has 0 aliphatic heterocycles. The van der Waals surface area contributed by atoms with Gasteiger partial charge in [-0.15, -0.1) is 0 Å². The lowest BCUT2D eigenvalue weighted by atomic mass is 9.78. The zero-order valence-electron chi connectivity index (χ0n) is 14.8. The number of amides is 2. The molecule has 0 fully saturated rings. The Bertz CT molecular complexity index is 588. The van der Waals surface area contributed by atoms with Crippen LogP contribution >= 0.6 is 0 Å². The molecule has 1 aromatic carbocycles. The molecule has 0 aliphatic carbocycles. The summed E-state index contributed by atoms with van der Waals surface area (Å²) >= 11 is 0. The number of phenols is 2. The fraction of sp³-hybridized carbons (Fsp3) is 0.556. The van der Waals surface area contributed by atoms with Gasteiger partial charge in [0.25, 0.3) is 0 Å². The van der Waals surface area contributed by atoms with E-state index in [0.717, 1.165) is 5.56 Å². The molecule has 0 saturated carbocycles. The molecule has 1 aromatic rings. The molecule has 0 saturated heterocycles. The normalized spacial score (nSPS) is 14.5. The first-order valence-corrected chi connectivity index (χ1v) is 8.24. The number of hydrogen-bond acceptors (Lipinski definition) is 4. The van der Waals surface area contributed by atoms with E-state index in [1.54, 1.807) is 13.1 Å². The van der Waals surface area contributed by atoms with Crippen molar-refractivity contribution in [2.75, 3.05) is 13.6 Å². The molecule has 0 radical (unpaired) electrons. The summed E-state index contributed by atoms with van der Waals surface area (Å²) < 4.78 is 0. The lowest BCUT2D eigenvalue weighted by Gasteiger charge is -2.29. The van der Waals surface area contributed by atoms with Gasteiger partial charge in [-0.05, 0) is 37.0 Å². The Morgan fingerprint density at radius 2 is 1.92 bits per heavy atom. The monoisotopic (exact) mass is 336 g/mol. The fourth-order valence-electron chi connectivity index (χ4n) is 2.67. The minimum atomic E-state index is -0.608. The van der Waals surface area contributed by atoms with Gasteiger partial charge in [0.05, 0.1) is 0 Å². The lowest BCUT2D eigenvalue weighted by molar-refractivity contribution is -0.133. The van der Waals surface area contributed by atoms with Gasteiger partial charge in [0, 0.05) is 24.9 Å². The molecule has 1 rings (SSSR count). The highest BCUT2D eigenvalue weighted by Gasteiger charge is 2.34. The van der Waals surface area contributed by atoms with E-state index in [0.29, 0.717) is 25.8 Å². The van der Waals surface area contributed by atoms with Gasteiger partial charge < -0.3 is 20.8 Å². The van der Waals surface area contributed by atoms with E-state index >= 15 is 0 Å². The third-order valence-electron chi connectivity index (χ3n) is 4.52. The minimum absolute atomic E-state index is 0.0676. The molecule has 4 N–H and O–H groups in total. The molecular weight excluding hydrogens is 308 g/mol. The maximum Gasteiger partial charge on any atom is 0.225 e. The minimum Gasteiger partial charge on any atom is -0.504 e. The largest absolute Gasteiger partial charge is 0.504 e. The Labute approximate surface area is 143 Å². The number of benzene rings is 1. The third kappa shape index (κ3) is 5.15. The van der Waals surface area contributed by atoms with Gasteiger partial charge in [-0.25, -0.2) is 0 Å². The molecule has 134 valence electrons. The van der Waals surface area contributed by atoms with E-state index in [2.05, 4.69) is 10.6 Å². The second-order valence-electron chi connectivity index (χ2n) is 6.46. The van der Waals surface area contributed by atoms with Crippen molar-refractivity contribution in [2.45, 2.75) is 40.0 Å². The molecular formula is C18H28N2O4. The Morgan fingerprint density at radius 3 is 2.46 bits per heavy atom. The Balaban J connectivity index is 2.60. The quantitative estimate of drug-likeness (QED) is 0.545. The SMILES string of the molecule is CCC(C)(CC(C)C(=O)NC)C(=O)NCCc1ccc(O)c(O)c1. The molecule has 0 aliphatic rings. The highest BCUT2D eigenvalue weighted by atomic mass is 16.3. The zero-order valence-corrected chi connectivity index (χ0v) is 14.8. The molecule has 0 heterocycles. The van der Waals surface area contributed by atoms with Crippen molar-refractivity contribution in [2.24, 2.45) is 11.3 Å². The van der Waals surface area contributed by atoms with Gasteiger partial charge in [-0.1, -0.05) is 26.8 Å². The van der Waals surface area contributed by atoms with Gasteiger partial charge in [0.2, 0.25) is 11.8 Å². The Hall–Kier alpha value is -2.24. The summed E-state index contributed by atoms with van der Waals surface area (Å²) in [4.78, 5) is 24.2. The van der Waals surface area contributed by atoms with Crippen molar-refractivity contribution < 1.29 is 19.8 Å². The average Bonchev–Trinajstić information content (AvgIpc) is 2.56. The summed E-state index contributed by atoms with van der Waals surface area (Å²) in [6.07, 6.45) is 1.67. The predicted octanol–water partition coefficient (Wildman–Crippen LogP) is 1.95. The fourth-order valence-corrected chi connectivity index (χ4v) is 2.67. The highest BCUT2D eigenvalue weighted by molar-refractivity contribution is 5.84. The van der Waals surface area contributed by atoms with Crippen LogP contribution in [0.3, 0.4) is 0 Å². The van der Waals surface area contributed by atoms with Crippen LogP contribution in [0.5, 0.6) is 11.5 Å². The topological polar surface area (TPSA) is 98.7 Å². The number of rotatable bonds is 8. The number of aromatic hydroxyl groups is 2. The van der Waals surface area contributed by atoms with Crippen LogP contribution in [0.2, 0.25) is 0 Å². The first-order valence-electron chi connectivity index (χ1n) is 8.24. The van der Waals surface area contributed by atoms with E-state index in [-0.39, 0.29) is 29.2 Å². The summed E-state index contributed by atoms with van der Waals surface area (Å²) in [7, 11) is 1.59. The summed E-state index contributed by atoms with van der Waals surface area (Å²) in [5.41, 5.74) is 0.214. The average molecular weight is 336 g/mol. The van der Waals surface area contributed by atoms with Crippen LogP contribution in [-0.2, 0) is 16.0 Å². The van der Waals surface area contributed by atoms with Crippen LogP contribution in [0.1, 0.15) is 39.2 Å². The molecule has 2 atom stereocenters. The first kappa shape index (κ1) is 19.8. The van der Waals surface area contributed by atoms with Gasteiger partial charge in [0.15, 0.2) is 11.5 Å². The molecule has 6 nitrogen and oxygen atoms in total. The maximum absolute atomic E-state index is 12.5. The highest BCUT2D eigenvalue weighted by Crippen LogP contribution is 2.30. The number of hydrogen-bond donors (Lipinski definition) is 4. The Morgan fingerprint density at radius 1 is 1.25 bits per heavy atom. The smallest absolute Gasteiger partial charge is 0.225 e. The van der Waals surface area contributed by atoms with Crippen LogP contribution in [0, 0.1) is 11.3 Å². The molecule has 0 bridgehead atoms. The summed E-state index contributed by atoms with van der Waals surface area (Å²) in [6, 6.07) is 4.61. The van der Waals surface area contributed by atoms with Crippen molar-refractivity contribution in [3.63, 3.8) is 0 Å². The molecule has 24 heavy (non-hydrogen) atoms. The van der Waals surface area contributed by atoms with Gasteiger partial charge in [-0.2, -0.15) is 0 Å². The van der Waals surface area contributed by atoms with E-state index in [4.69, 9.17) is 0 Å². The zero-order chi connectivity index (χ0) is 18.3. The lowest BCUT2D eigenvalue weighted by Crippen LogP contribution is -2.42.